The number of rotatable bonds is 4. The van der Waals surface area contributed by atoms with Crippen LogP contribution in [0.1, 0.15) is 20.3 Å². The standard InChI is InChI=1S/C8H12Cl2N4O/c1-3-8(2,15)4-11-7-13-5(9)12-6(10)14-7/h15H,3-4H2,1-2H3,(H,11,12,13,14). The van der Waals surface area contributed by atoms with Gasteiger partial charge < -0.3 is 10.4 Å². The molecule has 0 amide bonds. The van der Waals surface area contributed by atoms with Crippen molar-refractivity contribution in [3.63, 3.8) is 0 Å². The Kier molecular flexibility index (Phi) is 4.07. The van der Waals surface area contributed by atoms with Crippen LogP contribution in [0.3, 0.4) is 0 Å². The first-order valence-electron chi connectivity index (χ1n) is 4.46. The Bertz CT molecular complexity index is 325. The highest BCUT2D eigenvalue weighted by molar-refractivity contribution is 6.31. The summed E-state index contributed by atoms with van der Waals surface area (Å²) in [5.41, 5.74) is -0.814. The summed E-state index contributed by atoms with van der Waals surface area (Å²) < 4.78 is 0. The minimum atomic E-state index is -0.814. The van der Waals surface area contributed by atoms with E-state index in [4.69, 9.17) is 23.2 Å². The van der Waals surface area contributed by atoms with Crippen LogP contribution in [-0.2, 0) is 0 Å². The van der Waals surface area contributed by atoms with Crippen molar-refractivity contribution in [2.75, 3.05) is 11.9 Å². The van der Waals surface area contributed by atoms with Crippen LogP contribution in [0.5, 0.6) is 0 Å². The van der Waals surface area contributed by atoms with E-state index in [0.29, 0.717) is 13.0 Å². The molecule has 1 rings (SSSR count). The van der Waals surface area contributed by atoms with Crippen LogP contribution >= 0.6 is 23.2 Å². The molecule has 0 aliphatic rings. The Labute approximate surface area is 97.9 Å². The fraction of sp³-hybridized carbons (Fsp3) is 0.625. The highest BCUT2D eigenvalue weighted by Gasteiger charge is 2.17. The van der Waals surface area contributed by atoms with Crippen LogP contribution in [0.15, 0.2) is 0 Å². The molecule has 0 fully saturated rings. The van der Waals surface area contributed by atoms with Crippen LogP contribution in [0.2, 0.25) is 10.6 Å². The largest absolute Gasteiger partial charge is 0.388 e. The number of nitrogens with zero attached hydrogens (tertiary/aromatic N) is 3. The summed E-state index contributed by atoms with van der Waals surface area (Å²) in [4.78, 5) is 11.2. The van der Waals surface area contributed by atoms with Gasteiger partial charge in [0.1, 0.15) is 0 Å². The van der Waals surface area contributed by atoms with Crippen LogP contribution in [0, 0.1) is 0 Å². The lowest BCUT2D eigenvalue weighted by molar-refractivity contribution is 0.0695. The molecular formula is C8H12Cl2N4O. The Morgan fingerprint density at radius 1 is 1.27 bits per heavy atom. The molecule has 0 bridgehead atoms. The van der Waals surface area contributed by atoms with E-state index in [0.717, 1.165) is 0 Å². The maximum atomic E-state index is 9.72. The summed E-state index contributed by atoms with van der Waals surface area (Å²) in [5, 5.41) is 12.6. The molecule has 1 heterocycles. The second kappa shape index (κ2) is 4.92. The molecule has 0 aromatic carbocycles. The van der Waals surface area contributed by atoms with Gasteiger partial charge in [0.15, 0.2) is 0 Å². The number of anilines is 1. The van der Waals surface area contributed by atoms with Gasteiger partial charge in [0.25, 0.3) is 0 Å². The normalized spacial score (nSPS) is 14.7. The van der Waals surface area contributed by atoms with Gasteiger partial charge in [0.05, 0.1) is 5.60 Å². The van der Waals surface area contributed by atoms with E-state index < -0.39 is 5.60 Å². The summed E-state index contributed by atoms with van der Waals surface area (Å²) in [6.45, 7) is 3.92. The van der Waals surface area contributed by atoms with Gasteiger partial charge in [0.2, 0.25) is 16.5 Å². The van der Waals surface area contributed by atoms with Crippen molar-refractivity contribution in [2.24, 2.45) is 0 Å². The lowest BCUT2D eigenvalue weighted by Gasteiger charge is -2.21. The Balaban J connectivity index is 2.65. The van der Waals surface area contributed by atoms with Gasteiger partial charge >= 0.3 is 0 Å². The average molecular weight is 251 g/mol. The molecular weight excluding hydrogens is 239 g/mol. The SMILES string of the molecule is CCC(C)(O)CNc1nc(Cl)nc(Cl)n1. The van der Waals surface area contributed by atoms with Gasteiger partial charge in [-0.3, -0.25) is 0 Å². The van der Waals surface area contributed by atoms with Crippen LogP contribution in [-0.4, -0.2) is 32.2 Å². The number of nitrogens with one attached hydrogen (secondary N) is 1. The zero-order valence-corrected chi connectivity index (χ0v) is 9.97. The lowest BCUT2D eigenvalue weighted by Crippen LogP contribution is -2.32. The van der Waals surface area contributed by atoms with Crippen LogP contribution < -0.4 is 5.32 Å². The van der Waals surface area contributed by atoms with E-state index in [9.17, 15) is 5.11 Å². The van der Waals surface area contributed by atoms with Gasteiger partial charge in [-0.25, -0.2) is 0 Å². The van der Waals surface area contributed by atoms with Gasteiger partial charge in [-0.05, 0) is 36.5 Å². The fourth-order valence-electron chi connectivity index (χ4n) is 0.799. The van der Waals surface area contributed by atoms with E-state index in [1.165, 1.54) is 0 Å². The van der Waals surface area contributed by atoms with Gasteiger partial charge in [0, 0.05) is 6.54 Å². The van der Waals surface area contributed by atoms with E-state index >= 15 is 0 Å². The first kappa shape index (κ1) is 12.4. The third-order valence-electron chi connectivity index (χ3n) is 1.97. The van der Waals surface area contributed by atoms with Crippen molar-refractivity contribution >= 4 is 29.2 Å². The number of hydrogen-bond donors (Lipinski definition) is 2. The maximum absolute atomic E-state index is 9.72. The Hall–Kier alpha value is -0.650. The average Bonchev–Trinajstić information content (AvgIpc) is 2.14. The van der Waals surface area contributed by atoms with Crippen molar-refractivity contribution in [1.82, 2.24) is 15.0 Å². The number of hydrogen-bond acceptors (Lipinski definition) is 5. The first-order chi connectivity index (χ1) is 6.93. The molecule has 5 nitrogen and oxygen atoms in total. The molecule has 1 atom stereocenters. The van der Waals surface area contributed by atoms with Gasteiger partial charge in [-0.1, -0.05) is 6.92 Å². The van der Waals surface area contributed by atoms with Crippen molar-refractivity contribution in [2.45, 2.75) is 25.9 Å². The quantitative estimate of drug-likeness (QED) is 0.853. The van der Waals surface area contributed by atoms with Crippen LogP contribution in [0.25, 0.3) is 0 Å². The Morgan fingerprint density at radius 2 is 1.80 bits per heavy atom. The number of aliphatic hydroxyl groups is 1. The zero-order chi connectivity index (χ0) is 11.5. The molecule has 84 valence electrons. The van der Waals surface area contributed by atoms with E-state index in [-0.39, 0.29) is 16.5 Å². The second-order valence-electron chi connectivity index (χ2n) is 3.40. The van der Waals surface area contributed by atoms with Crippen molar-refractivity contribution < 1.29 is 5.11 Å². The summed E-state index contributed by atoms with van der Waals surface area (Å²) in [6.07, 6.45) is 0.618. The molecule has 7 heteroatoms. The topological polar surface area (TPSA) is 70.9 Å². The van der Waals surface area contributed by atoms with Crippen molar-refractivity contribution in [3.8, 4) is 0 Å². The summed E-state index contributed by atoms with van der Waals surface area (Å²) in [7, 11) is 0. The lowest BCUT2D eigenvalue weighted by atomic mass is 10.0. The zero-order valence-electron chi connectivity index (χ0n) is 8.46. The molecule has 2 N–H and O–H groups in total. The summed E-state index contributed by atoms with van der Waals surface area (Å²) in [6, 6.07) is 0. The van der Waals surface area contributed by atoms with E-state index in [1.54, 1.807) is 6.92 Å². The van der Waals surface area contributed by atoms with E-state index in [1.807, 2.05) is 6.92 Å². The van der Waals surface area contributed by atoms with Crippen LogP contribution in [0.4, 0.5) is 5.95 Å². The Morgan fingerprint density at radius 3 is 2.27 bits per heavy atom. The molecule has 0 aliphatic heterocycles. The molecule has 1 unspecified atom stereocenters. The van der Waals surface area contributed by atoms with Gasteiger partial charge in [-0.15, -0.1) is 0 Å². The molecule has 0 aliphatic carbocycles. The molecule has 0 saturated heterocycles. The fourth-order valence-corrected chi connectivity index (χ4v) is 1.16. The molecule has 15 heavy (non-hydrogen) atoms. The highest BCUT2D eigenvalue weighted by atomic mass is 35.5. The monoisotopic (exact) mass is 250 g/mol. The van der Waals surface area contributed by atoms with Crippen molar-refractivity contribution in [3.05, 3.63) is 10.6 Å². The predicted octanol–water partition coefficient (Wildman–Crippen LogP) is 1.75. The third kappa shape index (κ3) is 4.15. The first-order valence-corrected chi connectivity index (χ1v) is 5.22. The molecule has 0 saturated carbocycles. The minimum absolute atomic E-state index is 0.0219. The molecule has 0 radical (unpaired) electrons. The number of aromatic nitrogens is 3. The molecule has 0 spiro atoms. The maximum Gasteiger partial charge on any atom is 0.228 e. The summed E-state index contributed by atoms with van der Waals surface area (Å²) >= 11 is 11.2. The minimum Gasteiger partial charge on any atom is -0.388 e. The van der Waals surface area contributed by atoms with Crippen molar-refractivity contribution in [1.29, 1.82) is 0 Å². The highest BCUT2D eigenvalue weighted by Crippen LogP contribution is 2.12. The smallest absolute Gasteiger partial charge is 0.228 e. The van der Waals surface area contributed by atoms with Gasteiger partial charge in [-0.2, -0.15) is 15.0 Å². The summed E-state index contributed by atoms with van der Waals surface area (Å²) in [5.74, 6) is 0.258. The molecule has 1 aromatic heterocycles. The number of halogens is 2. The third-order valence-corrected chi connectivity index (χ3v) is 2.31. The van der Waals surface area contributed by atoms with E-state index in [2.05, 4.69) is 20.3 Å². The second-order valence-corrected chi connectivity index (χ2v) is 4.08. The molecule has 1 aromatic rings. The predicted molar refractivity (Wildman–Crippen MR) is 59.3 cm³/mol.